The molecule has 8 heteroatoms. The minimum absolute atomic E-state index is 0.0639. The monoisotopic (exact) mass is 402 g/mol. The van der Waals surface area contributed by atoms with Crippen LogP contribution in [0.2, 0.25) is 0 Å². The van der Waals surface area contributed by atoms with Crippen molar-refractivity contribution in [3.05, 3.63) is 65.5 Å². The van der Waals surface area contributed by atoms with E-state index in [0.717, 1.165) is 0 Å². The molecule has 0 spiro atoms. The van der Waals surface area contributed by atoms with E-state index in [1.165, 1.54) is 38.3 Å². The summed E-state index contributed by atoms with van der Waals surface area (Å²) in [5, 5.41) is 14.5. The van der Waals surface area contributed by atoms with Gasteiger partial charge in [-0.05, 0) is 35.4 Å². The molecule has 2 aromatic rings. The number of hydrogen-bond donors (Lipinski definition) is 3. The van der Waals surface area contributed by atoms with Crippen LogP contribution in [-0.2, 0) is 27.2 Å². The Morgan fingerprint density at radius 3 is 1.93 bits per heavy atom. The number of carbonyl (C=O) groups is 3. The van der Waals surface area contributed by atoms with E-state index in [-0.39, 0.29) is 12.8 Å². The van der Waals surface area contributed by atoms with Crippen LogP contribution in [0.25, 0.3) is 0 Å². The fraction of sp³-hybridized carbons (Fsp3) is 0.286. The predicted molar refractivity (Wildman–Crippen MR) is 104 cm³/mol. The molecule has 0 unspecified atom stereocenters. The zero-order chi connectivity index (χ0) is 21.4. The number of ether oxygens (including phenoxy) is 1. The van der Waals surface area contributed by atoms with Crippen LogP contribution in [0.3, 0.4) is 0 Å². The maximum atomic E-state index is 13.1. The fourth-order valence-corrected chi connectivity index (χ4v) is 2.78. The SMILES string of the molecule is COc1ccc(C[C@@H](NC(=O)[C@H](Cc2ccc(F)cc2)NC(C)=O)C(=O)O)cc1. The van der Waals surface area contributed by atoms with E-state index in [1.54, 1.807) is 24.3 Å². The molecule has 2 amide bonds. The Bertz CT molecular complexity index is 852. The first kappa shape index (κ1) is 21.9. The molecule has 0 saturated heterocycles. The van der Waals surface area contributed by atoms with E-state index in [0.29, 0.717) is 16.9 Å². The second-order valence-electron chi connectivity index (χ2n) is 6.54. The van der Waals surface area contributed by atoms with Crippen LogP contribution >= 0.6 is 0 Å². The van der Waals surface area contributed by atoms with Gasteiger partial charge in [-0.25, -0.2) is 9.18 Å². The summed E-state index contributed by atoms with van der Waals surface area (Å²) in [5.74, 6) is -2.05. The molecular formula is C21H23FN2O5. The largest absolute Gasteiger partial charge is 0.497 e. The number of nitrogens with one attached hydrogen (secondary N) is 2. The number of methoxy groups -OCH3 is 1. The highest BCUT2D eigenvalue weighted by Crippen LogP contribution is 2.13. The van der Waals surface area contributed by atoms with E-state index in [9.17, 15) is 23.9 Å². The van der Waals surface area contributed by atoms with Gasteiger partial charge in [-0.2, -0.15) is 0 Å². The molecule has 154 valence electrons. The Balaban J connectivity index is 2.11. The van der Waals surface area contributed by atoms with Crippen LogP contribution in [0.1, 0.15) is 18.1 Å². The van der Waals surface area contributed by atoms with Gasteiger partial charge >= 0.3 is 5.97 Å². The Morgan fingerprint density at radius 2 is 1.45 bits per heavy atom. The number of hydrogen-bond acceptors (Lipinski definition) is 4. The quantitative estimate of drug-likeness (QED) is 0.592. The molecule has 29 heavy (non-hydrogen) atoms. The van der Waals surface area contributed by atoms with Gasteiger partial charge < -0.3 is 20.5 Å². The second-order valence-corrected chi connectivity index (χ2v) is 6.54. The summed E-state index contributed by atoms with van der Waals surface area (Å²) in [5.41, 5.74) is 1.33. The molecule has 2 atom stereocenters. The molecule has 7 nitrogen and oxygen atoms in total. The average Bonchev–Trinajstić information content (AvgIpc) is 2.68. The third-order valence-corrected chi connectivity index (χ3v) is 4.26. The Hall–Kier alpha value is -3.42. The van der Waals surface area contributed by atoms with Crippen molar-refractivity contribution >= 4 is 17.8 Å². The third-order valence-electron chi connectivity index (χ3n) is 4.26. The lowest BCUT2D eigenvalue weighted by Gasteiger charge is -2.21. The fourth-order valence-electron chi connectivity index (χ4n) is 2.78. The van der Waals surface area contributed by atoms with Crippen LogP contribution in [-0.4, -0.2) is 42.1 Å². The van der Waals surface area contributed by atoms with Gasteiger partial charge in [-0.1, -0.05) is 24.3 Å². The summed E-state index contributed by atoms with van der Waals surface area (Å²) in [6.45, 7) is 1.26. The number of benzene rings is 2. The number of carbonyl (C=O) groups excluding carboxylic acids is 2. The van der Waals surface area contributed by atoms with Gasteiger partial charge in [0.1, 0.15) is 23.7 Å². The van der Waals surface area contributed by atoms with Gasteiger partial charge in [-0.15, -0.1) is 0 Å². The van der Waals surface area contributed by atoms with Crippen molar-refractivity contribution in [1.82, 2.24) is 10.6 Å². The maximum absolute atomic E-state index is 13.1. The zero-order valence-electron chi connectivity index (χ0n) is 16.1. The van der Waals surface area contributed by atoms with Crippen molar-refractivity contribution in [2.75, 3.05) is 7.11 Å². The van der Waals surface area contributed by atoms with E-state index in [4.69, 9.17) is 4.74 Å². The Morgan fingerprint density at radius 1 is 0.931 bits per heavy atom. The van der Waals surface area contributed by atoms with Crippen molar-refractivity contribution in [3.8, 4) is 5.75 Å². The van der Waals surface area contributed by atoms with Gasteiger partial charge in [0, 0.05) is 19.8 Å². The Kier molecular flexibility index (Phi) is 7.70. The van der Waals surface area contributed by atoms with E-state index in [2.05, 4.69) is 10.6 Å². The lowest BCUT2D eigenvalue weighted by atomic mass is 10.0. The van der Waals surface area contributed by atoms with Crippen LogP contribution in [0, 0.1) is 5.82 Å². The Labute approximate surface area is 167 Å². The number of carboxylic acids is 1. The first-order valence-corrected chi connectivity index (χ1v) is 8.96. The standard InChI is InChI=1S/C21H23FN2O5/c1-13(25)23-18(11-14-3-7-16(22)8-4-14)20(26)24-19(21(27)28)12-15-5-9-17(29-2)10-6-15/h3-10,18-19H,11-12H2,1-2H3,(H,23,25)(H,24,26)(H,27,28)/t18-,19+/m0/s1. The minimum Gasteiger partial charge on any atom is -0.497 e. The zero-order valence-corrected chi connectivity index (χ0v) is 16.1. The third kappa shape index (κ3) is 6.91. The second kappa shape index (κ2) is 10.2. The highest BCUT2D eigenvalue weighted by atomic mass is 19.1. The van der Waals surface area contributed by atoms with Crippen LogP contribution in [0.4, 0.5) is 4.39 Å². The molecule has 2 aromatic carbocycles. The minimum atomic E-state index is -1.20. The number of aliphatic carboxylic acids is 1. The molecule has 0 saturated carbocycles. The van der Waals surface area contributed by atoms with Gasteiger partial charge in [0.15, 0.2) is 0 Å². The number of halogens is 1. The molecular weight excluding hydrogens is 379 g/mol. The molecule has 0 aliphatic heterocycles. The number of rotatable bonds is 9. The molecule has 0 aromatic heterocycles. The molecule has 0 aliphatic rings. The van der Waals surface area contributed by atoms with Crippen molar-refractivity contribution in [2.24, 2.45) is 0 Å². The normalized spacial score (nSPS) is 12.5. The number of amides is 2. The van der Waals surface area contributed by atoms with Crippen LogP contribution in [0.5, 0.6) is 5.75 Å². The molecule has 3 N–H and O–H groups in total. The van der Waals surface area contributed by atoms with Crippen LogP contribution in [0.15, 0.2) is 48.5 Å². The molecule has 0 fully saturated rings. The topological polar surface area (TPSA) is 105 Å². The smallest absolute Gasteiger partial charge is 0.326 e. The summed E-state index contributed by atoms with van der Waals surface area (Å²) in [6, 6.07) is 10.2. The van der Waals surface area contributed by atoms with Crippen molar-refractivity contribution in [2.45, 2.75) is 31.8 Å². The van der Waals surface area contributed by atoms with Crippen molar-refractivity contribution < 1.29 is 28.6 Å². The molecule has 0 bridgehead atoms. The summed E-state index contributed by atoms with van der Waals surface area (Å²) < 4.78 is 18.2. The summed E-state index contributed by atoms with van der Waals surface area (Å²) in [6.07, 6.45) is 0.162. The van der Waals surface area contributed by atoms with Gasteiger partial charge in [0.25, 0.3) is 0 Å². The molecule has 2 rings (SSSR count). The van der Waals surface area contributed by atoms with E-state index >= 15 is 0 Å². The lowest BCUT2D eigenvalue weighted by Crippen LogP contribution is -2.52. The number of carboxylic acid groups (broad SMARTS) is 1. The highest BCUT2D eigenvalue weighted by Gasteiger charge is 2.26. The molecule has 0 radical (unpaired) electrons. The molecule has 0 aliphatic carbocycles. The predicted octanol–water partition coefficient (Wildman–Crippen LogP) is 1.69. The van der Waals surface area contributed by atoms with E-state index < -0.39 is 35.7 Å². The van der Waals surface area contributed by atoms with Crippen molar-refractivity contribution in [1.29, 1.82) is 0 Å². The van der Waals surface area contributed by atoms with Crippen molar-refractivity contribution in [3.63, 3.8) is 0 Å². The highest BCUT2D eigenvalue weighted by molar-refractivity contribution is 5.90. The van der Waals surface area contributed by atoms with Gasteiger partial charge in [-0.3, -0.25) is 9.59 Å². The van der Waals surface area contributed by atoms with Gasteiger partial charge in [0.2, 0.25) is 11.8 Å². The van der Waals surface area contributed by atoms with E-state index in [1.807, 2.05) is 0 Å². The first-order valence-electron chi connectivity index (χ1n) is 8.96. The van der Waals surface area contributed by atoms with Crippen LogP contribution < -0.4 is 15.4 Å². The summed E-state index contributed by atoms with van der Waals surface area (Å²) in [7, 11) is 1.53. The summed E-state index contributed by atoms with van der Waals surface area (Å²) >= 11 is 0. The summed E-state index contributed by atoms with van der Waals surface area (Å²) in [4.78, 5) is 35.8. The lowest BCUT2D eigenvalue weighted by molar-refractivity contribution is -0.142. The van der Waals surface area contributed by atoms with Gasteiger partial charge in [0.05, 0.1) is 7.11 Å². The molecule has 0 heterocycles. The maximum Gasteiger partial charge on any atom is 0.326 e. The average molecular weight is 402 g/mol. The first-order chi connectivity index (χ1) is 13.8.